The first-order chi connectivity index (χ1) is 21.9. The molecule has 2 heterocycles. The molecule has 0 radical (unpaired) electrons. The fourth-order valence-electron chi connectivity index (χ4n) is 5.28. The molecule has 0 fully saturated rings. The van der Waals surface area contributed by atoms with E-state index in [1.54, 1.807) is 13.3 Å². The van der Waals surface area contributed by atoms with E-state index in [0.29, 0.717) is 37.6 Å². The van der Waals surface area contributed by atoms with E-state index in [0.717, 1.165) is 58.8 Å². The average molecular weight is 609 g/mol. The van der Waals surface area contributed by atoms with Crippen molar-refractivity contribution in [3.05, 3.63) is 95.2 Å². The summed E-state index contributed by atoms with van der Waals surface area (Å²) in [4.78, 5) is 27.2. The van der Waals surface area contributed by atoms with Crippen LogP contribution in [-0.4, -0.2) is 61.9 Å². The van der Waals surface area contributed by atoms with Gasteiger partial charge in [0.05, 0.1) is 12.8 Å². The van der Waals surface area contributed by atoms with Gasteiger partial charge < -0.3 is 15.4 Å². The monoisotopic (exact) mass is 608 g/mol. The van der Waals surface area contributed by atoms with Crippen LogP contribution in [0.3, 0.4) is 0 Å². The molecule has 0 spiro atoms. The predicted octanol–water partition coefficient (Wildman–Crippen LogP) is 5.51. The lowest BCUT2D eigenvalue weighted by Gasteiger charge is -2.37. The number of carbonyl (C=O) groups excluding carboxylic acids is 1. The molecule has 1 atom stereocenters. The summed E-state index contributed by atoms with van der Waals surface area (Å²) in [6.07, 6.45) is 7.60. The smallest absolute Gasteiger partial charge is 0.216 e. The van der Waals surface area contributed by atoms with E-state index < -0.39 is 0 Å². The zero-order valence-electron chi connectivity index (χ0n) is 26.8. The Balaban J connectivity index is 1.50. The summed E-state index contributed by atoms with van der Waals surface area (Å²) in [5.41, 5.74) is 10.2. The van der Waals surface area contributed by atoms with Gasteiger partial charge in [-0.05, 0) is 42.9 Å². The number of carbonyl (C=O) groups is 1. The minimum absolute atomic E-state index is 0.0441. The Morgan fingerprint density at radius 3 is 2.60 bits per heavy atom. The number of unbranched alkanes of at least 4 members (excludes halogenated alkanes) is 1. The fourth-order valence-corrected chi connectivity index (χ4v) is 5.28. The summed E-state index contributed by atoms with van der Waals surface area (Å²) in [6.45, 7) is 14.8. The van der Waals surface area contributed by atoms with Crippen LogP contribution in [0.4, 0.5) is 0 Å². The number of rotatable bonds is 14. The van der Waals surface area contributed by atoms with Crippen molar-refractivity contribution >= 4 is 30.5 Å². The molecule has 45 heavy (non-hydrogen) atoms. The van der Waals surface area contributed by atoms with E-state index in [-0.39, 0.29) is 12.2 Å². The highest BCUT2D eigenvalue weighted by atomic mass is 16.5. The van der Waals surface area contributed by atoms with Crippen molar-refractivity contribution in [2.75, 3.05) is 20.2 Å². The summed E-state index contributed by atoms with van der Waals surface area (Å²) in [7, 11) is 1.73. The van der Waals surface area contributed by atoms with E-state index in [2.05, 4.69) is 76.7 Å². The molecule has 10 nitrogen and oxygen atoms in total. The number of hydrogen-bond donors (Lipinski definition) is 3. The second kappa shape index (κ2) is 16.2. The molecule has 1 unspecified atom stereocenters. The van der Waals surface area contributed by atoms with Crippen LogP contribution in [0.15, 0.2) is 104 Å². The molecule has 2 aliphatic heterocycles. The number of amidine groups is 2. The third-order valence-electron chi connectivity index (χ3n) is 7.56. The molecule has 1 amide bonds. The molecule has 0 aromatic heterocycles. The molecule has 10 heteroatoms. The molecule has 3 N–H and O–H groups in total. The van der Waals surface area contributed by atoms with Gasteiger partial charge in [0, 0.05) is 62.4 Å². The van der Waals surface area contributed by atoms with E-state index in [4.69, 9.17) is 14.7 Å². The standard InChI is InChI=1S/C35H44N8O2/c1-7-8-14-33-32(21-27-15-17-28(18-16-27)30-12-9-10-13-31(30)34(36-5)42-37-6)24(2)43(25(3)41-33)35-39-22-29(23-40-35)45-20-11-19-38-26(4)44/h9-10,12-13,15-18,22-23,35,39H,2,6-8,11,14,19-21H2,1,3-5H3,(H,36,42)(H,38,44). The molecule has 236 valence electrons. The highest BCUT2D eigenvalue weighted by Gasteiger charge is 2.29. The average Bonchev–Trinajstić information content (AvgIpc) is 3.05. The number of hydrogen-bond acceptors (Lipinski definition) is 8. The minimum Gasteiger partial charge on any atom is -0.490 e. The molecular formula is C35H44N8O2. The van der Waals surface area contributed by atoms with Crippen LogP contribution in [0, 0.1) is 0 Å². The van der Waals surface area contributed by atoms with E-state index in [1.807, 2.05) is 36.2 Å². The van der Waals surface area contributed by atoms with Gasteiger partial charge >= 0.3 is 0 Å². The van der Waals surface area contributed by atoms with Crippen LogP contribution in [0.1, 0.15) is 57.6 Å². The number of hydrazone groups is 1. The van der Waals surface area contributed by atoms with Gasteiger partial charge in [0.1, 0.15) is 11.7 Å². The molecule has 0 bridgehead atoms. The van der Waals surface area contributed by atoms with Crippen LogP contribution in [0.5, 0.6) is 0 Å². The maximum absolute atomic E-state index is 11.0. The van der Waals surface area contributed by atoms with Crippen LogP contribution in [0.2, 0.25) is 0 Å². The van der Waals surface area contributed by atoms with Gasteiger partial charge in [0.2, 0.25) is 12.2 Å². The first-order valence-electron chi connectivity index (χ1n) is 15.4. The highest BCUT2D eigenvalue weighted by Crippen LogP contribution is 2.33. The Morgan fingerprint density at radius 1 is 1.16 bits per heavy atom. The molecule has 0 saturated heterocycles. The van der Waals surface area contributed by atoms with Crippen molar-refractivity contribution in [3.63, 3.8) is 0 Å². The van der Waals surface area contributed by atoms with Crippen molar-refractivity contribution < 1.29 is 9.53 Å². The Bertz CT molecular complexity index is 1530. The third-order valence-corrected chi connectivity index (χ3v) is 7.56. The number of amides is 1. The first kappa shape index (κ1) is 32.9. The maximum Gasteiger partial charge on any atom is 0.216 e. The van der Waals surface area contributed by atoms with E-state index in [9.17, 15) is 4.79 Å². The van der Waals surface area contributed by atoms with Crippen LogP contribution >= 0.6 is 0 Å². The maximum atomic E-state index is 11.0. The van der Waals surface area contributed by atoms with E-state index in [1.165, 1.54) is 12.5 Å². The molecule has 2 aliphatic rings. The van der Waals surface area contributed by atoms with Crippen molar-refractivity contribution in [1.82, 2.24) is 21.0 Å². The van der Waals surface area contributed by atoms with Gasteiger partial charge in [-0.1, -0.05) is 68.5 Å². The number of nitrogens with one attached hydrogen (secondary N) is 3. The fraction of sp³-hybridized carbons (Fsp3) is 0.343. The lowest BCUT2D eigenvalue weighted by atomic mass is 9.94. The molecule has 4 rings (SSSR count). The second-order valence-corrected chi connectivity index (χ2v) is 10.8. The largest absolute Gasteiger partial charge is 0.490 e. The number of allylic oxidation sites excluding steroid dienone is 3. The van der Waals surface area contributed by atoms with Crippen LogP contribution in [-0.2, 0) is 16.0 Å². The number of aliphatic imine (C=N–C) groups is 3. The van der Waals surface area contributed by atoms with Gasteiger partial charge in [-0.25, -0.2) is 9.98 Å². The van der Waals surface area contributed by atoms with Crippen molar-refractivity contribution in [3.8, 4) is 11.1 Å². The number of ether oxygens (including phenoxy) is 1. The Morgan fingerprint density at radius 2 is 1.93 bits per heavy atom. The van der Waals surface area contributed by atoms with Gasteiger partial charge in [-0.3, -0.25) is 20.1 Å². The minimum atomic E-state index is -0.386. The predicted molar refractivity (Wildman–Crippen MR) is 184 cm³/mol. The summed E-state index contributed by atoms with van der Waals surface area (Å²) in [5.74, 6) is 2.11. The quantitative estimate of drug-likeness (QED) is 0.113. The van der Waals surface area contributed by atoms with Crippen molar-refractivity contribution in [1.29, 1.82) is 0 Å². The van der Waals surface area contributed by atoms with Gasteiger partial charge in [0.25, 0.3) is 0 Å². The van der Waals surface area contributed by atoms with Gasteiger partial charge in [-0.15, -0.1) is 0 Å². The number of nitrogens with zero attached hydrogens (tertiary/aromatic N) is 5. The SMILES string of the molecule is C=NNC(=NC)c1ccccc1-c1ccc(CC2=C(CCCC)N=C(C)N(C3N=CC(OCCCNC(C)=O)=CN3)C2=C)cc1. The van der Waals surface area contributed by atoms with Gasteiger partial charge in [0.15, 0.2) is 5.76 Å². The summed E-state index contributed by atoms with van der Waals surface area (Å²) < 4.78 is 5.80. The van der Waals surface area contributed by atoms with Crippen molar-refractivity contribution in [2.45, 2.75) is 59.2 Å². The Labute approximate surface area is 266 Å². The number of benzene rings is 2. The molecule has 2 aromatic rings. The highest BCUT2D eigenvalue weighted by molar-refractivity contribution is 6.04. The van der Waals surface area contributed by atoms with Crippen molar-refractivity contribution in [2.24, 2.45) is 20.1 Å². The normalized spacial score (nSPS) is 16.5. The summed E-state index contributed by atoms with van der Waals surface area (Å²) in [5, 5.41) is 9.92. The topological polar surface area (TPSA) is 115 Å². The first-order valence-corrected chi connectivity index (χ1v) is 15.4. The molecule has 0 saturated carbocycles. The summed E-state index contributed by atoms with van der Waals surface area (Å²) >= 11 is 0. The zero-order valence-corrected chi connectivity index (χ0v) is 26.8. The lowest BCUT2D eigenvalue weighted by molar-refractivity contribution is -0.118. The van der Waals surface area contributed by atoms with Gasteiger partial charge in [-0.2, -0.15) is 5.10 Å². The van der Waals surface area contributed by atoms with Crippen LogP contribution in [0.25, 0.3) is 11.1 Å². The third kappa shape index (κ3) is 8.56. The summed E-state index contributed by atoms with van der Waals surface area (Å²) in [6, 6.07) is 16.7. The van der Waals surface area contributed by atoms with Crippen LogP contribution < -0.4 is 16.1 Å². The molecule has 0 aliphatic carbocycles. The Hall–Kier alpha value is -4.99. The molecule has 2 aromatic carbocycles. The Kier molecular flexibility index (Phi) is 11.8. The zero-order chi connectivity index (χ0) is 32.2. The second-order valence-electron chi connectivity index (χ2n) is 10.8. The van der Waals surface area contributed by atoms with E-state index >= 15 is 0 Å². The molecular weight excluding hydrogens is 564 g/mol. The lowest BCUT2D eigenvalue weighted by Crippen LogP contribution is -2.47.